The fraction of sp³-hybridized carbons (Fsp3) is 0.0625. The highest BCUT2D eigenvalue weighted by Crippen LogP contribution is 2.20. The van der Waals surface area contributed by atoms with E-state index in [4.69, 9.17) is 0 Å². The van der Waals surface area contributed by atoms with Crippen molar-refractivity contribution >= 4 is 16.6 Å². The van der Waals surface area contributed by atoms with Gasteiger partial charge in [-0.2, -0.15) is 5.10 Å². The Labute approximate surface area is 124 Å². The van der Waals surface area contributed by atoms with E-state index in [1.54, 1.807) is 34.5 Å². The van der Waals surface area contributed by atoms with Gasteiger partial charge < -0.3 is 4.98 Å². The zero-order valence-corrected chi connectivity index (χ0v) is 11.8. The topological polar surface area (TPSA) is 72.2 Å². The average molecular weight is 292 g/mol. The summed E-state index contributed by atoms with van der Waals surface area (Å²) in [6, 6.07) is 12.4. The van der Waals surface area contributed by atoms with Crippen LogP contribution in [-0.4, -0.2) is 19.2 Å². The summed E-state index contributed by atoms with van der Waals surface area (Å²) in [6.07, 6.45) is 1.58. The van der Waals surface area contributed by atoms with Crippen LogP contribution in [0.4, 0.5) is 0 Å². The Kier molecular flexibility index (Phi) is 2.53. The number of nitrogens with zero attached hydrogens (tertiary/aromatic N) is 3. The molecule has 4 aromatic rings. The molecule has 108 valence electrons. The first-order chi connectivity index (χ1) is 10.6. The second kappa shape index (κ2) is 4.42. The van der Waals surface area contributed by atoms with Gasteiger partial charge in [-0.1, -0.05) is 12.1 Å². The molecule has 0 amide bonds. The highest BCUT2D eigenvalue weighted by Gasteiger charge is 2.12. The third-order valence-corrected chi connectivity index (χ3v) is 3.77. The summed E-state index contributed by atoms with van der Waals surface area (Å²) < 4.78 is 3.29. The lowest BCUT2D eigenvalue weighted by Crippen LogP contribution is -2.19. The number of aromatic nitrogens is 4. The van der Waals surface area contributed by atoms with E-state index < -0.39 is 0 Å². The number of para-hydroxylation sites is 1. The minimum absolute atomic E-state index is 0.0690. The third kappa shape index (κ3) is 1.70. The quantitative estimate of drug-likeness (QED) is 0.578. The molecule has 0 fully saturated rings. The first-order valence-electron chi connectivity index (χ1n) is 6.82. The number of fused-ring (bicyclic) bond motifs is 3. The molecule has 6 heteroatoms. The van der Waals surface area contributed by atoms with E-state index in [1.165, 1.54) is 6.07 Å². The van der Waals surface area contributed by atoms with Crippen LogP contribution in [0.15, 0.2) is 58.3 Å². The van der Waals surface area contributed by atoms with Crippen LogP contribution in [0.2, 0.25) is 0 Å². The van der Waals surface area contributed by atoms with Crippen LogP contribution in [0.1, 0.15) is 0 Å². The van der Waals surface area contributed by atoms with E-state index in [2.05, 4.69) is 10.1 Å². The summed E-state index contributed by atoms with van der Waals surface area (Å²) in [6.45, 7) is 0. The van der Waals surface area contributed by atoms with Crippen molar-refractivity contribution in [2.75, 3.05) is 0 Å². The van der Waals surface area contributed by atoms with Crippen molar-refractivity contribution < 1.29 is 0 Å². The first-order valence-corrected chi connectivity index (χ1v) is 6.82. The predicted molar refractivity (Wildman–Crippen MR) is 84.0 cm³/mol. The number of benzene rings is 1. The average Bonchev–Trinajstić information content (AvgIpc) is 2.98. The number of nitrogens with one attached hydrogen (secondary N) is 1. The number of pyridine rings is 1. The molecule has 0 bridgehead atoms. The Morgan fingerprint density at radius 2 is 1.91 bits per heavy atom. The van der Waals surface area contributed by atoms with Crippen molar-refractivity contribution in [3.05, 3.63) is 69.4 Å². The largest absolute Gasteiger partial charge is 0.329 e. The van der Waals surface area contributed by atoms with E-state index in [-0.39, 0.29) is 11.1 Å². The standard InChI is InChI=1S/C16H12N4O2/c1-19-15-9-12(10-6-7-17-14(21)8-10)18-20(15)13-5-3-2-4-11(13)16(19)22/h2-9H,1H3,(H,17,21). The molecule has 0 unspecified atom stereocenters. The number of H-pyrrole nitrogens is 1. The van der Waals surface area contributed by atoms with E-state index >= 15 is 0 Å². The van der Waals surface area contributed by atoms with Crippen molar-refractivity contribution in [3.63, 3.8) is 0 Å². The SMILES string of the molecule is Cn1c(=O)c2ccccc2n2nc(-c3cc[nH]c(=O)c3)cc12. The third-order valence-electron chi connectivity index (χ3n) is 3.77. The summed E-state index contributed by atoms with van der Waals surface area (Å²) in [5.41, 5.74) is 2.53. The lowest BCUT2D eigenvalue weighted by molar-refractivity contribution is 0.850. The van der Waals surface area contributed by atoms with Gasteiger partial charge in [-0.25, -0.2) is 4.52 Å². The molecule has 0 radical (unpaired) electrons. The molecule has 3 aromatic heterocycles. The normalized spacial score (nSPS) is 11.3. The number of rotatable bonds is 1. The molecule has 0 saturated carbocycles. The van der Waals surface area contributed by atoms with Gasteiger partial charge >= 0.3 is 0 Å². The summed E-state index contributed by atoms with van der Waals surface area (Å²) in [4.78, 5) is 26.5. The van der Waals surface area contributed by atoms with Crippen molar-refractivity contribution in [2.45, 2.75) is 0 Å². The van der Waals surface area contributed by atoms with Crippen molar-refractivity contribution in [1.29, 1.82) is 0 Å². The molecule has 0 aliphatic carbocycles. The van der Waals surface area contributed by atoms with Crippen molar-refractivity contribution in [1.82, 2.24) is 19.2 Å². The second-order valence-corrected chi connectivity index (χ2v) is 5.12. The molecule has 0 aliphatic rings. The molecular weight excluding hydrogens is 280 g/mol. The number of aromatic amines is 1. The molecule has 4 rings (SSSR count). The van der Waals surface area contributed by atoms with Crippen LogP contribution in [0.5, 0.6) is 0 Å². The van der Waals surface area contributed by atoms with E-state index in [9.17, 15) is 9.59 Å². The molecule has 22 heavy (non-hydrogen) atoms. The van der Waals surface area contributed by atoms with Gasteiger partial charge in [0.25, 0.3) is 5.56 Å². The Bertz CT molecular complexity index is 1130. The van der Waals surface area contributed by atoms with Gasteiger partial charge in [0.15, 0.2) is 0 Å². The van der Waals surface area contributed by atoms with Crippen LogP contribution in [0.3, 0.4) is 0 Å². The number of aryl methyl sites for hydroxylation is 1. The summed E-state index contributed by atoms with van der Waals surface area (Å²) in [7, 11) is 1.72. The van der Waals surface area contributed by atoms with Gasteiger partial charge in [0.05, 0.1) is 16.6 Å². The maximum Gasteiger partial charge on any atom is 0.261 e. The van der Waals surface area contributed by atoms with Gasteiger partial charge in [0.1, 0.15) is 5.65 Å². The van der Waals surface area contributed by atoms with Gasteiger partial charge in [0, 0.05) is 30.9 Å². The van der Waals surface area contributed by atoms with Crippen molar-refractivity contribution in [3.8, 4) is 11.3 Å². The molecular formula is C16H12N4O2. The van der Waals surface area contributed by atoms with Gasteiger partial charge in [-0.15, -0.1) is 0 Å². The molecule has 6 nitrogen and oxygen atoms in total. The molecule has 0 atom stereocenters. The molecule has 1 aromatic carbocycles. The fourth-order valence-electron chi connectivity index (χ4n) is 2.66. The minimum Gasteiger partial charge on any atom is -0.329 e. The van der Waals surface area contributed by atoms with Gasteiger partial charge in [-0.05, 0) is 18.2 Å². The maximum absolute atomic E-state index is 12.4. The van der Waals surface area contributed by atoms with Crippen LogP contribution in [0.25, 0.3) is 27.8 Å². The van der Waals surface area contributed by atoms with Gasteiger partial charge in [-0.3, -0.25) is 14.2 Å². The van der Waals surface area contributed by atoms with Crippen LogP contribution in [-0.2, 0) is 7.05 Å². The molecule has 0 saturated heterocycles. The molecule has 1 N–H and O–H groups in total. The maximum atomic E-state index is 12.4. The Balaban J connectivity index is 2.14. The Morgan fingerprint density at radius 3 is 2.73 bits per heavy atom. The highest BCUT2D eigenvalue weighted by molar-refractivity contribution is 5.81. The monoisotopic (exact) mass is 292 g/mol. The second-order valence-electron chi connectivity index (χ2n) is 5.12. The lowest BCUT2D eigenvalue weighted by Gasteiger charge is -2.05. The van der Waals surface area contributed by atoms with E-state index in [0.29, 0.717) is 22.3 Å². The first kappa shape index (κ1) is 12.6. The fourth-order valence-corrected chi connectivity index (χ4v) is 2.66. The number of hydrogen-bond acceptors (Lipinski definition) is 3. The highest BCUT2D eigenvalue weighted by atomic mass is 16.1. The molecule has 0 spiro atoms. The lowest BCUT2D eigenvalue weighted by atomic mass is 10.2. The summed E-state index contributed by atoms with van der Waals surface area (Å²) in [5.74, 6) is 0. The summed E-state index contributed by atoms with van der Waals surface area (Å²) in [5, 5.41) is 5.17. The van der Waals surface area contributed by atoms with E-state index in [1.807, 2.05) is 24.3 Å². The number of hydrogen-bond donors (Lipinski definition) is 1. The molecule has 0 aliphatic heterocycles. The molecule has 3 heterocycles. The van der Waals surface area contributed by atoms with Crippen LogP contribution < -0.4 is 11.1 Å². The Hall–Kier alpha value is -3.15. The van der Waals surface area contributed by atoms with Crippen LogP contribution >= 0.6 is 0 Å². The zero-order valence-electron chi connectivity index (χ0n) is 11.8. The van der Waals surface area contributed by atoms with E-state index in [0.717, 1.165) is 5.52 Å². The zero-order chi connectivity index (χ0) is 15.3. The summed E-state index contributed by atoms with van der Waals surface area (Å²) >= 11 is 0. The Morgan fingerprint density at radius 1 is 1.09 bits per heavy atom. The predicted octanol–water partition coefficient (Wildman–Crippen LogP) is 1.54. The minimum atomic E-state index is -0.187. The smallest absolute Gasteiger partial charge is 0.261 e. The van der Waals surface area contributed by atoms with Gasteiger partial charge in [0.2, 0.25) is 5.56 Å². The van der Waals surface area contributed by atoms with Crippen molar-refractivity contribution in [2.24, 2.45) is 7.05 Å². The van der Waals surface area contributed by atoms with Crippen LogP contribution in [0, 0.1) is 0 Å².